The number of aliphatic hydroxyl groups excluding tert-OH is 1. The van der Waals surface area contributed by atoms with Crippen LogP contribution in [0, 0.1) is 5.92 Å². The quantitative estimate of drug-likeness (QED) is 0.770. The van der Waals surface area contributed by atoms with Gasteiger partial charge in [-0.2, -0.15) is 0 Å². The fourth-order valence-electron chi connectivity index (χ4n) is 2.02. The predicted molar refractivity (Wildman–Crippen MR) is 66.8 cm³/mol. The van der Waals surface area contributed by atoms with E-state index >= 15 is 0 Å². The van der Waals surface area contributed by atoms with Crippen LogP contribution in [-0.2, 0) is 4.79 Å². The van der Waals surface area contributed by atoms with E-state index < -0.39 is 0 Å². The minimum Gasteiger partial charge on any atom is -0.393 e. The van der Waals surface area contributed by atoms with E-state index in [0.29, 0.717) is 12.3 Å². The van der Waals surface area contributed by atoms with Crippen molar-refractivity contribution in [1.82, 2.24) is 10.2 Å². The molecule has 2 N–H and O–H groups in total. The first kappa shape index (κ1) is 15.7. The monoisotopic (exact) mass is 250 g/mol. The first-order chi connectivity index (χ1) is 7.15. The summed E-state index contributed by atoms with van der Waals surface area (Å²) in [6.07, 6.45) is 2.21. The van der Waals surface area contributed by atoms with E-state index in [1.165, 1.54) is 0 Å². The lowest BCUT2D eigenvalue weighted by atomic mass is 9.92. The van der Waals surface area contributed by atoms with Gasteiger partial charge in [0.25, 0.3) is 0 Å². The van der Waals surface area contributed by atoms with Gasteiger partial charge in [0.15, 0.2) is 0 Å². The van der Waals surface area contributed by atoms with E-state index in [1.807, 2.05) is 18.9 Å². The van der Waals surface area contributed by atoms with Crippen molar-refractivity contribution in [1.29, 1.82) is 0 Å². The van der Waals surface area contributed by atoms with Gasteiger partial charge in [-0.3, -0.25) is 4.79 Å². The summed E-state index contributed by atoms with van der Waals surface area (Å²) in [4.78, 5) is 13.6. The zero-order chi connectivity index (χ0) is 11.3. The molecule has 0 radical (unpaired) electrons. The van der Waals surface area contributed by atoms with E-state index in [0.717, 1.165) is 32.5 Å². The molecule has 1 saturated heterocycles. The number of rotatable bonds is 4. The lowest BCUT2D eigenvalue weighted by Crippen LogP contribution is -2.41. The van der Waals surface area contributed by atoms with Crippen LogP contribution in [0.4, 0.5) is 0 Å². The third-order valence-corrected chi connectivity index (χ3v) is 3.16. The minimum atomic E-state index is -0.237. The maximum Gasteiger partial charge on any atom is 0.223 e. The second kappa shape index (κ2) is 7.87. The average molecular weight is 251 g/mol. The second-order valence-electron chi connectivity index (χ2n) is 4.31. The lowest BCUT2D eigenvalue weighted by molar-refractivity contribution is -0.133. The first-order valence-corrected chi connectivity index (χ1v) is 5.75. The molecule has 5 heteroatoms. The molecule has 1 amide bonds. The van der Waals surface area contributed by atoms with E-state index in [9.17, 15) is 9.90 Å². The van der Waals surface area contributed by atoms with Crippen LogP contribution in [0.25, 0.3) is 0 Å². The van der Waals surface area contributed by atoms with E-state index in [2.05, 4.69) is 5.32 Å². The molecule has 4 nitrogen and oxygen atoms in total. The van der Waals surface area contributed by atoms with Gasteiger partial charge >= 0.3 is 0 Å². The highest BCUT2D eigenvalue weighted by Crippen LogP contribution is 2.20. The maximum atomic E-state index is 11.7. The fourth-order valence-corrected chi connectivity index (χ4v) is 2.02. The Kier molecular flexibility index (Phi) is 7.72. The van der Waals surface area contributed by atoms with Crippen molar-refractivity contribution in [3.05, 3.63) is 0 Å². The summed E-state index contributed by atoms with van der Waals surface area (Å²) in [6.45, 7) is 4.19. The van der Waals surface area contributed by atoms with Crippen molar-refractivity contribution in [3.63, 3.8) is 0 Å². The Hall–Kier alpha value is -0.320. The Bertz CT molecular complexity index is 204. The van der Waals surface area contributed by atoms with Gasteiger partial charge in [-0.1, -0.05) is 0 Å². The van der Waals surface area contributed by atoms with Crippen molar-refractivity contribution >= 4 is 18.3 Å². The number of hydrogen-bond donors (Lipinski definition) is 2. The standard InChI is InChI=1S/C11H22N2O2.ClH/c1-9(14)10-4-7-13(8-5-10)11(15)3-6-12-2;/h9-10,12,14H,3-8H2,1-2H3;1H. The largest absolute Gasteiger partial charge is 0.393 e. The van der Waals surface area contributed by atoms with Gasteiger partial charge in [0, 0.05) is 26.1 Å². The van der Waals surface area contributed by atoms with E-state index in [-0.39, 0.29) is 24.4 Å². The highest BCUT2D eigenvalue weighted by Gasteiger charge is 2.24. The number of nitrogens with one attached hydrogen (secondary N) is 1. The van der Waals surface area contributed by atoms with Crippen LogP contribution in [0.1, 0.15) is 26.2 Å². The van der Waals surface area contributed by atoms with Crippen LogP contribution >= 0.6 is 12.4 Å². The first-order valence-electron chi connectivity index (χ1n) is 5.75. The number of aliphatic hydroxyl groups is 1. The van der Waals surface area contributed by atoms with Gasteiger partial charge in [0.2, 0.25) is 5.91 Å². The molecule has 1 aliphatic heterocycles. The topological polar surface area (TPSA) is 52.6 Å². The zero-order valence-corrected chi connectivity index (χ0v) is 10.9. The van der Waals surface area contributed by atoms with Crippen molar-refractivity contribution in [2.75, 3.05) is 26.7 Å². The maximum absolute atomic E-state index is 11.7. The number of halogens is 1. The molecule has 0 saturated carbocycles. The van der Waals surface area contributed by atoms with Gasteiger partial charge in [0.05, 0.1) is 6.10 Å². The molecule has 0 aromatic rings. The van der Waals surface area contributed by atoms with Crippen LogP contribution in [0.3, 0.4) is 0 Å². The highest BCUT2D eigenvalue weighted by atomic mass is 35.5. The number of nitrogens with zero attached hydrogens (tertiary/aromatic N) is 1. The summed E-state index contributed by atoms with van der Waals surface area (Å²) >= 11 is 0. The summed E-state index contributed by atoms with van der Waals surface area (Å²) < 4.78 is 0. The highest BCUT2D eigenvalue weighted by molar-refractivity contribution is 5.85. The molecular weight excluding hydrogens is 228 g/mol. The van der Waals surface area contributed by atoms with Crippen LogP contribution in [0.5, 0.6) is 0 Å². The third kappa shape index (κ3) is 4.68. The Morgan fingerprint density at radius 1 is 1.50 bits per heavy atom. The zero-order valence-electron chi connectivity index (χ0n) is 10.1. The van der Waals surface area contributed by atoms with E-state index in [1.54, 1.807) is 0 Å². The van der Waals surface area contributed by atoms with Crippen LogP contribution in [0.15, 0.2) is 0 Å². The molecule has 1 atom stereocenters. The van der Waals surface area contributed by atoms with Crippen LogP contribution < -0.4 is 5.32 Å². The summed E-state index contributed by atoms with van der Waals surface area (Å²) in [5, 5.41) is 12.4. The summed E-state index contributed by atoms with van der Waals surface area (Å²) in [5.74, 6) is 0.603. The van der Waals surface area contributed by atoms with Crippen LogP contribution in [0.2, 0.25) is 0 Å². The van der Waals surface area contributed by atoms with Gasteiger partial charge in [-0.25, -0.2) is 0 Å². The van der Waals surface area contributed by atoms with E-state index in [4.69, 9.17) is 0 Å². The van der Waals surface area contributed by atoms with Gasteiger partial charge in [-0.05, 0) is 32.7 Å². The van der Waals surface area contributed by atoms with Crippen molar-refractivity contribution in [2.24, 2.45) is 5.92 Å². The molecule has 1 fully saturated rings. The summed E-state index contributed by atoms with van der Waals surface area (Å²) in [5.41, 5.74) is 0. The Morgan fingerprint density at radius 2 is 2.06 bits per heavy atom. The molecule has 1 aliphatic rings. The summed E-state index contributed by atoms with van der Waals surface area (Å²) in [7, 11) is 1.85. The molecule has 1 rings (SSSR count). The molecule has 0 aliphatic carbocycles. The molecule has 0 aromatic carbocycles. The number of piperidine rings is 1. The smallest absolute Gasteiger partial charge is 0.223 e. The normalized spacial score (nSPS) is 19.1. The SMILES string of the molecule is CNCCC(=O)N1CCC(C(C)O)CC1.Cl. The van der Waals surface area contributed by atoms with Crippen molar-refractivity contribution in [2.45, 2.75) is 32.3 Å². The Balaban J connectivity index is 0.00000225. The Labute approximate surface area is 104 Å². The van der Waals surface area contributed by atoms with Gasteiger partial charge in [0.1, 0.15) is 0 Å². The van der Waals surface area contributed by atoms with Crippen molar-refractivity contribution < 1.29 is 9.90 Å². The molecule has 16 heavy (non-hydrogen) atoms. The number of carbonyl (C=O) groups excluding carboxylic acids is 1. The number of hydrogen-bond acceptors (Lipinski definition) is 3. The van der Waals surface area contributed by atoms with Crippen molar-refractivity contribution in [3.8, 4) is 0 Å². The minimum absolute atomic E-state index is 0. The lowest BCUT2D eigenvalue weighted by Gasteiger charge is -2.33. The molecule has 1 unspecified atom stereocenters. The average Bonchev–Trinajstić information content (AvgIpc) is 2.26. The predicted octanol–water partition coefficient (Wildman–Crippen LogP) is 0.637. The molecule has 0 bridgehead atoms. The van der Waals surface area contributed by atoms with Crippen LogP contribution in [-0.4, -0.2) is 48.7 Å². The molecule has 0 spiro atoms. The third-order valence-electron chi connectivity index (χ3n) is 3.16. The summed E-state index contributed by atoms with van der Waals surface area (Å²) in [6, 6.07) is 0. The second-order valence-corrected chi connectivity index (χ2v) is 4.31. The molecular formula is C11H23ClN2O2. The van der Waals surface area contributed by atoms with Gasteiger partial charge < -0.3 is 15.3 Å². The molecule has 0 aromatic heterocycles. The van der Waals surface area contributed by atoms with Gasteiger partial charge in [-0.15, -0.1) is 12.4 Å². The number of carbonyl (C=O) groups is 1. The Morgan fingerprint density at radius 3 is 2.50 bits per heavy atom. The molecule has 96 valence electrons. The molecule has 1 heterocycles. The fraction of sp³-hybridized carbons (Fsp3) is 0.909. The number of likely N-dealkylation sites (tertiary alicyclic amines) is 1. The number of amides is 1.